The second-order valence-corrected chi connectivity index (χ2v) is 9.20. The quantitative estimate of drug-likeness (QED) is 0.227. The summed E-state index contributed by atoms with van der Waals surface area (Å²) in [7, 11) is -1.36. The maximum Gasteiger partial charge on any atom is 0.451 e. The van der Waals surface area contributed by atoms with E-state index in [4.69, 9.17) is 27.4 Å². The van der Waals surface area contributed by atoms with Crippen molar-refractivity contribution < 1.29 is 19.9 Å². The Labute approximate surface area is 204 Å². The molecule has 33 heavy (non-hydrogen) atoms. The van der Waals surface area contributed by atoms with E-state index < -0.39 is 18.6 Å². The number of aliphatic carboxylic acids is 1. The minimum absolute atomic E-state index is 0.126. The first-order chi connectivity index (χ1) is 15.6. The standard InChI is InChI=1S/C20H31BClN3O4.C4H10/c1-15(24-14-16-4-6-18(22)7-5-16)25-12-8-17(9-13-25)20(23,19(26)27)10-2-3-11-21(28)29;1-3-4-2/h4-7,17,24,28-29H,1-3,8-14,23H2,(H,26,27);3-4H2,1-2H3. The minimum atomic E-state index is -1.36. The Morgan fingerprint density at radius 3 is 2.27 bits per heavy atom. The summed E-state index contributed by atoms with van der Waals surface area (Å²) < 4.78 is 0. The number of nitrogens with zero attached hydrogens (tertiary/aromatic N) is 1. The highest BCUT2D eigenvalue weighted by molar-refractivity contribution is 6.40. The molecule has 1 atom stereocenters. The van der Waals surface area contributed by atoms with E-state index in [1.807, 2.05) is 24.3 Å². The van der Waals surface area contributed by atoms with Crippen LogP contribution in [0.15, 0.2) is 36.7 Å². The summed E-state index contributed by atoms with van der Waals surface area (Å²) in [6.45, 7) is 10.5. The molecular formula is C24H41BClN3O4. The molecule has 1 saturated heterocycles. The van der Waals surface area contributed by atoms with Gasteiger partial charge in [0.1, 0.15) is 5.54 Å². The van der Waals surface area contributed by atoms with Crippen LogP contribution in [-0.4, -0.2) is 51.8 Å². The monoisotopic (exact) mass is 481 g/mol. The molecule has 1 aromatic carbocycles. The summed E-state index contributed by atoms with van der Waals surface area (Å²) in [5, 5.41) is 31.6. The van der Waals surface area contributed by atoms with Crippen LogP contribution >= 0.6 is 11.6 Å². The summed E-state index contributed by atoms with van der Waals surface area (Å²) in [5.41, 5.74) is 6.12. The second-order valence-electron chi connectivity index (χ2n) is 8.76. The number of nitrogens with one attached hydrogen (secondary N) is 1. The summed E-state index contributed by atoms with van der Waals surface area (Å²) in [6, 6.07) is 7.61. The lowest BCUT2D eigenvalue weighted by atomic mass is 9.74. The molecule has 0 amide bonds. The number of hydrogen-bond acceptors (Lipinski definition) is 6. The van der Waals surface area contributed by atoms with E-state index in [1.54, 1.807) is 0 Å². The lowest BCUT2D eigenvalue weighted by molar-refractivity contribution is -0.146. The van der Waals surface area contributed by atoms with Gasteiger partial charge in [0.05, 0.1) is 5.82 Å². The first-order valence-electron chi connectivity index (χ1n) is 11.9. The molecule has 9 heteroatoms. The Hall–Kier alpha value is -1.74. The number of carboxylic acid groups (broad SMARTS) is 1. The van der Waals surface area contributed by atoms with E-state index in [9.17, 15) is 9.90 Å². The van der Waals surface area contributed by atoms with E-state index >= 15 is 0 Å². The maximum atomic E-state index is 11.9. The Morgan fingerprint density at radius 1 is 1.21 bits per heavy atom. The van der Waals surface area contributed by atoms with E-state index in [1.165, 1.54) is 12.8 Å². The van der Waals surface area contributed by atoms with Gasteiger partial charge in [0.25, 0.3) is 0 Å². The smallest absolute Gasteiger partial charge is 0.451 e. The van der Waals surface area contributed by atoms with Crippen LogP contribution in [0.1, 0.15) is 64.4 Å². The van der Waals surface area contributed by atoms with Gasteiger partial charge in [-0.15, -0.1) is 0 Å². The van der Waals surface area contributed by atoms with Crippen molar-refractivity contribution in [2.45, 2.75) is 77.2 Å². The van der Waals surface area contributed by atoms with E-state index in [2.05, 4.69) is 30.6 Å². The van der Waals surface area contributed by atoms with Crippen molar-refractivity contribution in [1.82, 2.24) is 10.2 Å². The molecule has 1 heterocycles. The SMILES string of the molecule is C=C(NCc1ccc(Cl)cc1)N1CCC(C(N)(CCCCB(O)O)C(=O)O)CC1.CCCC. The highest BCUT2D eigenvalue weighted by Gasteiger charge is 2.43. The van der Waals surface area contributed by atoms with Gasteiger partial charge in [-0.1, -0.05) is 69.8 Å². The fraction of sp³-hybridized carbons (Fsp3) is 0.625. The fourth-order valence-electron chi connectivity index (χ4n) is 3.81. The molecular weight excluding hydrogens is 441 g/mol. The maximum absolute atomic E-state index is 11.9. The number of benzene rings is 1. The molecule has 0 aliphatic carbocycles. The third-order valence-electron chi connectivity index (χ3n) is 6.22. The molecule has 6 N–H and O–H groups in total. The molecule has 1 aliphatic heterocycles. The molecule has 0 aromatic heterocycles. The Bertz CT molecular complexity index is 710. The second kappa shape index (κ2) is 15.2. The molecule has 0 radical (unpaired) electrons. The Morgan fingerprint density at radius 2 is 1.79 bits per heavy atom. The van der Waals surface area contributed by atoms with Gasteiger partial charge in [-0.2, -0.15) is 0 Å². The van der Waals surface area contributed by atoms with Crippen LogP contribution in [0.4, 0.5) is 0 Å². The average molecular weight is 482 g/mol. The number of hydrogen-bond donors (Lipinski definition) is 5. The zero-order valence-electron chi connectivity index (χ0n) is 20.1. The lowest BCUT2D eigenvalue weighted by Crippen LogP contribution is -2.57. The zero-order valence-corrected chi connectivity index (χ0v) is 20.9. The van der Waals surface area contributed by atoms with Crippen molar-refractivity contribution in [3.63, 3.8) is 0 Å². The van der Waals surface area contributed by atoms with Gasteiger partial charge in [0.15, 0.2) is 0 Å². The highest BCUT2D eigenvalue weighted by atomic mass is 35.5. The Kier molecular flexibility index (Phi) is 13.5. The van der Waals surface area contributed by atoms with Gasteiger partial charge in [-0.3, -0.25) is 4.79 Å². The molecule has 186 valence electrons. The van der Waals surface area contributed by atoms with Crippen molar-refractivity contribution in [1.29, 1.82) is 0 Å². The number of rotatable bonds is 12. The van der Waals surface area contributed by atoms with Crippen molar-refractivity contribution >= 4 is 24.7 Å². The zero-order chi connectivity index (χ0) is 24.9. The first-order valence-corrected chi connectivity index (χ1v) is 12.3. The molecule has 0 saturated carbocycles. The topological polar surface area (TPSA) is 119 Å². The predicted octanol–water partition coefficient (Wildman–Crippen LogP) is 3.84. The minimum Gasteiger partial charge on any atom is -0.480 e. The van der Waals surface area contributed by atoms with Crippen molar-refractivity contribution in [2.75, 3.05) is 13.1 Å². The van der Waals surface area contributed by atoms with Crippen LogP contribution in [0.2, 0.25) is 11.3 Å². The molecule has 1 aliphatic rings. The van der Waals surface area contributed by atoms with Crippen LogP contribution in [0.5, 0.6) is 0 Å². The molecule has 1 unspecified atom stereocenters. The number of piperidine rings is 1. The molecule has 7 nitrogen and oxygen atoms in total. The molecule has 0 bridgehead atoms. The van der Waals surface area contributed by atoms with Gasteiger partial charge in [0, 0.05) is 24.7 Å². The third-order valence-corrected chi connectivity index (χ3v) is 6.47. The van der Waals surface area contributed by atoms with E-state index in [0.717, 1.165) is 11.4 Å². The van der Waals surface area contributed by atoms with Gasteiger partial charge >= 0.3 is 13.1 Å². The van der Waals surface area contributed by atoms with E-state index in [-0.39, 0.29) is 12.2 Å². The van der Waals surface area contributed by atoms with Crippen LogP contribution in [0.25, 0.3) is 0 Å². The summed E-state index contributed by atoms with van der Waals surface area (Å²) in [5.74, 6) is -0.298. The number of halogens is 1. The van der Waals surface area contributed by atoms with Crippen LogP contribution < -0.4 is 11.1 Å². The normalized spacial score (nSPS) is 15.8. The van der Waals surface area contributed by atoms with Crippen LogP contribution in [0.3, 0.4) is 0 Å². The summed E-state index contributed by atoms with van der Waals surface area (Å²) in [4.78, 5) is 14.0. The number of nitrogens with two attached hydrogens (primary N) is 1. The fourth-order valence-corrected chi connectivity index (χ4v) is 3.94. The van der Waals surface area contributed by atoms with Crippen LogP contribution in [0, 0.1) is 5.92 Å². The highest BCUT2D eigenvalue weighted by Crippen LogP contribution is 2.32. The van der Waals surface area contributed by atoms with E-state index in [0.29, 0.717) is 56.8 Å². The Balaban J connectivity index is 0.00000125. The van der Waals surface area contributed by atoms with Crippen LogP contribution in [-0.2, 0) is 11.3 Å². The van der Waals surface area contributed by atoms with Crippen molar-refractivity contribution in [3.05, 3.63) is 47.3 Å². The third kappa shape index (κ3) is 10.4. The lowest BCUT2D eigenvalue weighted by Gasteiger charge is -2.41. The molecule has 1 aromatic rings. The molecule has 1 fully saturated rings. The summed E-state index contributed by atoms with van der Waals surface area (Å²) >= 11 is 5.90. The largest absolute Gasteiger partial charge is 0.480 e. The van der Waals surface area contributed by atoms with Crippen molar-refractivity contribution in [2.24, 2.45) is 11.7 Å². The number of carbonyl (C=O) groups is 1. The average Bonchev–Trinajstić information content (AvgIpc) is 2.81. The summed E-state index contributed by atoms with van der Waals surface area (Å²) in [6.07, 6.45) is 5.63. The van der Waals surface area contributed by atoms with Gasteiger partial charge < -0.3 is 31.1 Å². The van der Waals surface area contributed by atoms with Gasteiger partial charge in [0.2, 0.25) is 0 Å². The molecule has 0 spiro atoms. The van der Waals surface area contributed by atoms with Crippen molar-refractivity contribution in [3.8, 4) is 0 Å². The van der Waals surface area contributed by atoms with Gasteiger partial charge in [-0.05, 0) is 49.2 Å². The predicted molar refractivity (Wildman–Crippen MR) is 136 cm³/mol. The number of unbranched alkanes of at least 4 members (excludes halogenated alkanes) is 2. The molecule has 2 rings (SSSR count). The number of likely N-dealkylation sites (tertiary alicyclic amines) is 1. The van der Waals surface area contributed by atoms with Gasteiger partial charge in [-0.25, -0.2) is 0 Å². The first kappa shape index (κ1) is 29.3. The number of carboxylic acids is 1.